The van der Waals surface area contributed by atoms with Gasteiger partial charge in [-0.15, -0.1) is 0 Å². The molecular weight excluding hydrogens is 316 g/mol. The minimum atomic E-state index is -0.799. The lowest BCUT2D eigenvalue weighted by molar-refractivity contribution is -0.138. The lowest BCUT2D eigenvalue weighted by Crippen LogP contribution is -2.38. The molecule has 1 aromatic carbocycles. The van der Waals surface area contributed by atoms with Gasteiger partial charge in [-0.3, -0.25) is 14.5 Å². The summed E-state index contributed by atoms with van der Waals surface area (Å²) in [7, 11) is 1.86. The fourth-order valence-corrected chi connectivity index (χ4v) is 3.71. The van der Waals surface area contributed by atoms with Crippen LogP contribution in [0.3, 0.4) is 0 Å². The van der Waals surface area contributed by atoms with E-state index in [0.717, 1.165) is 44.2 Å². The van der Waals surface area contributed by atoms with Gasteiger partial charge in [0.25, 0.3) is 0 Å². The van der Waals surface area contributed by atoms with Gasteiger partial charge in [-0.25, -0.2) is 0 Å². The van der Waals surface area contributed by atoms with Crippen LogP contribution in [0.15, 0.2) is 30.3 Å². The average Bonchev–Trinajstić information content (AvgIpc) is 2.85. The summed E-state index contributed by atoms with van der Waals surface area (Å²) in [5, 5.41) is 8.98. The second kappa shape index (κ2) is 9.56. The van der Waals surface area contributed by atoms with Crippen LogP contribution in [0.2, 0.25) is 0 Å². The second-order valence-electron chi connectivity index (χ2n) is 6.97. The van der Waals surface area contributed by atoms with Crippen molar-refractivity contribution in [3.05, 3.63) is 35.9 Å². The number of likely N-dealkylation sites (tertiary alicyclic amines) is 1. The van der Waals surface area contributed by atoms with Gasteiger partial charge in [0.15, 0.2) is 0 Å². The standard InChI is InChI=1S/C20H30N2O3/c1-3-8-18(16-9-5-4-6-10-16)20(25)22-13-7-11-17(12-14-22)21(2)15-19(23)24/h4-6,9-10,17-18H,3,7-8,11-15H2,1-2H3,(H,23,24). The van der Waals surface area contributed by atoms with Crippen molar-refractivity contribution in [1.82, 2.24) is 9.80 Å². The third-order valence-corrected chi connectivity index (χ3v) is 5.09. The first-order valence-electron chi connectivity index (χ1n) is 9.28. The number of likely N-dealkylation sites (N-methyl/N-ethyl adjacent to an activating group) is 1. The maximum absolute atomic E-state index is 13.1. The van der Waals surface area contributed by atoms with Crippen LogP contribution in [-0.2, 0) is 9.59 Å². The molecule has 1 saturated heterocycles. The largest absolute Gasteiger partial charge is 0.480 e. The third-order valence-electron chi connectivity index (χ3n) is 5.09. The highest BCUT2D eigenvalue weighted by Gasteiger charge is 2.28. The predicted octanol–water partition coefficient (Wildman–Crippen LogP) is 2.97. The molecule has 0 spiro atoms. The zero-order chi connectivity index (χ0) is 18.2. The Morgan fingerprint density at radius 1 is 1.24 bits per heavy atom. The van der Waals surface area contributed by atoms with Crippen LogP contribution in [0.25, 0.3) is 0 Å². The molecule has 5 heteroatoms. The number of nitrogens with zero attached hydrogens (tertiary/aromatic N) is 2. The first-order chi connectivity index (χ1) is 12.0. The van der Waals surface area contributed by atoms with Gasteiger partial charge in [0.1, 0.15) is 0 Å². The smallest absolute Gasteiger partial charge is 0.317 e. The summed E-state index contributed by atoms with van der Waals surface area (Å²) >= 11 is 0. The number of hydrogen-bond acceptors (Lipinski definition) is 3. The number of rotatable bonds is 7. The van der Waals surface area contributed by atoms with Crippen LogP contribution < -0.4 is 0 Å². The second-order valence-corrected chi connectivity index (χ2v) is 6.97. The number of carboxylic acids is 1. The summed E-state index contributed by atoms with van der Waals surface area (Å²) < 4.78 is 0. The van der Waals surface area contributed by atoms with Gasteiger partial charge in [0, 0.05) is 19.1 Å². The Hall–Kier alpha value is -1.88. The molecule has 0 aromatic heterocycles. The maximum Gasteiger partial charge on any atom is 0.317 e. The molecule has 1 N–H and O–H groups in total. The minimum Gasteiger partial charge on any atom is -0.480 e. The molecule has 1 aliphatic heterocycles. The Labute approximate surface area is 150 Å². The van der Waals surface area contributed by atoms with Gasteiger partial charge in [-0.1, -0.05) is 43.7 Å². The van der Waals surface area contributed by atoms with Gasteiger partial charge in [0.2, 0.25) is 5.91 Å². The molecule has 0 aliphatic carbocycles. The molecule has 0 bridgehead atoms. The topological polar surface area (TPSA) is 60.9 Å². The maximum atomic E-state index is 13.1. The molecule has 0 saturated carbocycles. The Bertz CT molecular complexity index is 561. The molecule has 5 nitrogen and oxygen atoms in total. The first kappa shape index (κ1) is 19.4. The van der Waals surface area contributed by atoms with Gasteiger partial charge >= 0.3 is 5.97 Å². The van der Waals surface area contributed by atoms with E-state index in [9.17, 15) is 9.59 Å². The van der Waals surface area contributed by atoms with E-state index in [1.54, 1.807) is 0 Å². The number of amides is 1. The van der Waals surface area contributed by atoms with Crippen molar-refractivity contribution in [1.29, 1.82) is 0 Å². The molecule has 2 rings (SSSR count). The number of carbonyl (C=O) groups is 2. The molecule has 138 valence electrons. The summed E-state index contributed by atoms with van der Waals surface area (Å²) in [6.07, 6.45) is 4.54. The highest BCUT2D eigenvalue weighted by Crippen LogP contribution is 2.26. The number of carboxylic acid groups (broad SMARTS) is 1. The van der Waals surface area contributed by atoms with Crippen molar-refractivity contribution >= 4 is 11.9 Å². The van der Waals surface area contributed by atoms with Crippen LogP contribution in [0, 0.1) is 0 Å². The van der Waals surface area contributed by atoms with E-state index in [0.29, 0.717) is 6.54 Å². The monoisotopic (exact) mass is 346 g/mol. The molecule has 1 amide bonds. The minimum absolute atomic E-state index is 0.0566. The lowest BCUT2D eigenvalue weighted by Gasteiger charge is -2.28. The number of aliphatic carboxylic acids is 1. The zero-order valence-corrected chi connectivity index (χ0v) is 15.4. The summed E-state index contributed by atoms with van der Waals surface area (Å²) in [6, 6.07) is 10.3. The fraction of sp³-hybridized carbons (Fsp3) is 0.600. The quantitative estimate of drug-likeness (QED) is 0.824. The number of hydrogen-bond donors (Lipinski definition) is 1. The zero-order valence-electron chi connectivity index (χ0n) is 15.4. The van der Waals surface area contributed by atoms with E-state index in [4.69, 9.17) is 5.11 Å². The van der Waals surface area contributed by atoms with Crippen LogP contribution in [0.1, 0.15) is 50.5 Å². The van der Waals surface area contributed by atoms with Gasteiger partial charge in [-0.05, 0) is 38.3 Å². The summed E-state index contributed by atoms with van der Waals surface area (Å²) in [5.41, 5.74) is 1.10. The highest BCUT2D eigenvalue weighted by atomic mass is 16.4. The van der Waals surface area contributed by atoms with Gasteiger partial charge in [0.05, 0.1) is 12.5 Å². The Morgan fingerprint density at radius 2 is 1.96 bits per heavy atom. The lowest BCUT2D eigenvalue weighted by atomic mass is 9.93. The SMILES string of the molecule is CCCC(C(=O)N1CCCC(N(C)CC(=O)O)CC1)c1ccccc1. The van der Waals surface area contributed by atoms with E-state index >= 15 is 0 Å². The van der Waals surface area contributed by atoms with Crippen LogP contribution >= 0.6 is 0 Å². The van der Waals surface area contributed by atoms with Crippen molar-refractivity contribution in [2.24, 2.45) is 0 Å². The van der Waals surface area contributed by atoms with Gasteiger partial charge < -0.3 is 10.0 Å². The summed E-state index contributed by atoms with van der Waals surface area (Å²) in [6.45, 7) is 3.65. The van der Waals surface area contributed by atoms with E-state index in [1.807, 2.05) is 47.2 Å². The van der Waals surface area contributed by atoms with Crippen LogP contribution in [0.5, 0.6) is 0 Å². The van der Waals surface area contributed by atoms with Crippen molar-refractivity contribution in [2.75, 3.05) is 26.7 Å². The molecule has 2 unspecified atom stereocenters. The van der Waals surface area contributed by atoms with Crippen molar-refractivity contribution in [2.45, 2.75) is 51.0 Å². The van der Waals surface area contributed by atoms with Crippen molar-refractivity contribution < 1.29 is 14.7 Å². The Balaban J connectivity index is 2.02. The van der Waals surface area contributed by atoms with Crippen molar-refractivity contribution in [3.63, 3.8) is 0 Å². The fourth-order valence-electron chi connectivity index (χ4n) is 3.71. The third kappa shape index (κ3) is 5.56. The van der Waals surface area contributed by atoms with Gasteiger partial charge in [-0.2, -0.15) is 0 Å². The highest BCUT2D eigenvalue weighted by molar-refractivity contribution is 5.83. The van der Waals surface area contributed by atoms with Crippen LogP contribution in [0.4, 0.5) is 0 Å². The van der Waals surface area contributed by atoms with E-state index in [2.05, 4.69) is 6.92 Å². The molecule has 25 heavy (non-hydrogen) atoms. The molecule has 1 fully saturated rings. The summed E-state index contributed by atoms with van der Waals surface area (Å²) in [5.74, 6) is -0.652. The molecule has 1 aliphatic rings. The Kier molecular flexibility index (Phi) is 7.44. The van der Waals surface area contributed by atoms with E-state index in [1.165, 1.54) is 0 Å². The molecule has 1 aromatic rings. The first-order valence-corrected chi connectivity index (χ1v) is 9.28. The molecule has 2 atom stereocenters. The average molecular weight is 346 g/mol. The predicted molar refractivity (Wildman–Crippen MR) is 98.6 cm³/mol. The van der Waals surface area contributed by atoms with E-state index in [-0.39, 0.29) is 24.4 Å². The molecule has 0 radical (unpaired) electrons. The van der Waals surface area contributed by atoms with Crippen LogP contribution in [-0.4, -0.2) is 59.5 Å². The Morgan fingerprint density at radius 3 is 2.60 bits per heavy atom. The van der Waals surface area contributed by atoms with E-state index < -0.39 is 5.97 Å². The molecule has 1 heterocycles. The number of benzene rings is 1. The molecular formula is C20H30N2O3. The normalized spacial score (nSPS) is 19.5. The summed E-state index contributed by atoms with van der Waals surface area (Å²) in [4.78, 5) is 27.9. The number of carbonyl (C=O) groups excluding carboxylic acids is 1. The van der Waals surface area contributed by atoms with Crippen molar-refractivity contribution in [3.8, 4) is 0 Å².